The lowest BCUT2D eigenvalue weighted by atomic mass is 10.2. The van der Waals surface area contributed by atoms with E-state index >= 15 is 0 Å². The summed E-state index contributed by atoms with van der Waals surface area (Å²) in [5.41, 5.74) is 1.73. The van der Waals surface area contributed by atoms with Gasteiger partial charge >= 0.3 is 0 Å². The fourth-order valence-corrected chi connectivity index (χ4v) is 2.31. The molecule has 6 nitrogen and oxygen atoms in total. The van der Waals surface area contributed by atoms with Crippen LogP contribution in [-0.4, -0.2) is 15.9 Å². The molecule has 3 rings (SSSR count). The quantitative estimate of drug-likeness (QED) is 0.731. The van der Waals surface area contributed by atoms with Gasteiger partial charge in [-0.25, -0.2) is 18.7 Å². The number of nitriles is 1. The van der Waals surface area contributed by atoms with Gasteiger partial charge in [-0.2, -0.15) is 5.26 Å². The number of hydrogen-bond donors (Lipinski definition) is 2. The highest BCUT2D eigenvalue weighted by Crippen LogP contribution is 2.17. The molecule has 0 saturated heterocycles. The molecule has 0 fully saturated rings. The number of nitrogens with one attached hydrogen (secondary N) is 2. The summed E-state index contributed by atoms with van der Waals surface area (Å²) in [6.45, 7) is 1.69. The Morgan fingerprint density at radius 2 is 1.85 bits per heavy atom. The molecule has 2 N–H and O–H groups in total. The van der Waals surface area contributed by atoms with E-state index in [1.807, 2.05) is 6.07 Å². The van der Waals surface area contributed by atoms with Crippen LogP contribution in [0.2, 0.25) is 0 Å². The van der Waals surface area contributed by atoms with E-state index in [4.69, 9.17) is 5.26 Å². The Hall–Kier alpha value is -3.86. The maximum Gasteiger partial charge on any atom is 0.274 e. The molecule has 0 radical (unpaired) electrons. The average Bonchev–Trinajstić information content (AvgIpc) is 2.64. The molecule has 27 heavy (non-hydrogen) atoms. The second kappa shape index (κ2) is 7.58. The van der Waals surface area contributed by atoms with Crippen molar-refractivity contribution in [2.24, 2.45) is 0 Å². The first-order chi connectivity index (χ1) is 12.9. The average molecular weight is 365 g/mol. The summed E-state index contributed by atoms with van der Waals surface area (Å²) in [6.07, 6.45) is 0. The van der Waals surface area contributed by atoms with Gasteiger partial charge in [-0.05, 0) is 43.3 Å². The predicted octanol–water partition coefficient (Wildman–Crippen LogP) is 3.93. The fraction of sp³-hybridized carbons (Fsp3) is 0.0526. The Bertz CT molecular complexity index is 1060. The van der Waals surface area contributed by atoms with E-state index in [-0.39, 0.29) is 17.3 Å². The van der Waals surface area contributed by atoms with E-state index in [1.54, 1.807) is 31.2 Å². The van der Waals surface area contributed by atoms with Gasteiger partial charge < -0.3 is 10.6 Å². The number of carbonyl (C=O) groups excluding carboxylic acids is 1. The highest BCUT2D eigenvalue weighted by atomic mass is 19.2. The molecule has 0 bridgehead atoms. The molecule has 3 aromatic rings. The molecule has 8 heteroatoms. The molecule has 1 amide bonds. The molecular weight excluding hydrogens is 352 g/mol. The lowest BCUT2D eigenvalue weighted by Gasteiger charge is -2.09. The molecular formula is C19H13F2N5O. The monoisotopic (exact) mass is 365 g/mol. The third-order valence-corrected chi connectivity index (χ3v) is 3.51. The number of anilines is 3. The maximum atomic E-state index is 13.3. The number of nitrogens with zero attached hydrogens (tertiary/aromatic N) is 3. The van der Waals surface area contributed by atoms with Crippen molar-refractivity contribution in [1.82, 2.24) is 9.97 Å². The Morgan fingerprint density at radius 3 is 2.59 bits per heavy atom. The summed E-state index contributed by atoms with van der Waals surface area (Å²) >= 11 is 0. The van der Waals surface area contributed by atoms with E-state index in [1.165, 1.54) is 12.1 Å². The first kappa shape index (κ1) is 17.9. The van der Waals surface area contributed by atoms with Crippen molar-refractivity contribution in [3.8, 4) is 6.07 Å². The van der Waals surface area contributed by atoms with Gasteiger partial charge in [0.15, 0.2) is 11.6 Å². The van der Waals surface area contributed by atoms with Gasteiger partial charge in [0.25, 0.3) is 5.91 Å². The van der Waals surface area contributed by atoms with Gasteiger partial charge in [0.05, 0.1) is 11.6 Å². The predicted molar refractivity (Wildman–Crippen MR) is 95.5 cm³/mol. The van der Waals surface area contributed by atoms with Crippen LogP contribution in [0.25, 0.3) is 0 Å². The lowest BCUT2D eigenvalue weighted by Crippen LogP contribution is -2.15. The SMILES string of the molecule is Cc1cc(C(=O)Nc2ccc(F)c(F)c2)nc(Nc2cccc(C#N)c2)n1. The van der Waals surface area contributed by atoms with E-state index in [0.717, 1.165) is 12.1 Å². The number of aromatic nitrogens is 2. The molecule has 0 spiro atoms. The number of hydrogen-bond acceptors (Lipinski definition) is 5. The third kappa shape index (κ3) is 4.41. The molecule has 1 aromatic heterocycles. The van der Waals surface area contributed by atoms with Crippen LogP contribution in [-0.2, 0) is 0 Å². The summed E-state index contributed by atoms with van der Waals surface area (Å²) in [5.74, 6) is -2.50. The second-order valence-corrected chi connectivity index (χ2v) is 5.62. The van der Waals surface area contributed by atoms with Crippen molar-refractivity contribution in [2.75, 3.05) is 10.6 Å². The number of aryl methyl sites for hydroxylation is 1. The van der Waals surface area contributed by atoms with Crippen molar-refractivity contribution < 1.29 is 13.6 Å². The van der Waals surface area contributed by atoms with Crippen LogP contribution in [0.1, 0.15) is 21.7 Å². The van der Waals surface area contributed by atoms with Gasteiger partial charge in [0, 0.05) is 23.1 Å². The highest BCUT2D eigenvalue weighted by Gasteiger charge is 2.12. The molecule has 0 atom stereocenters. The van der Waals surface area contributed by atoms with Gasteiger partial charge in [-0.15, -0.1) is 0 Å². The van der Waals surface area contributed by atoms with Crippen LogP contribution in [0.5, 0.6) is 0 Å². The summed E-state index contributed by atoms with van der Waals surface area (Å²) in [7, 11) is 0. The van der Waals surface area contributed by atoms with Gasteiger partial charge in [-0.1, -0.05) is 6.07 Å². The van der Waals surface area contributed by atoms with E-state index in [0.29, 0.717) is 16.9 Å². The Morgan fingerprint density at radius 1 is 1.04 bits per heavy atom. The number of amides is 1. The lowest BCUT2D eigenvalue weighted by molar-refractivity contribution is 0.102. The smallest absolute Gasteiger partial charge is 0.274 e. The van der Waals surface area contributed by atoms with E-state index in [9.17, 15) is 13.6 Å². The molecule has 0 aliphatic heterocycles. The Kier molecular flexibility index (Phi) is 5.04. The zero-order valence-electron chi connectivity index (χ0n) is 14.1. The standard InChI is InChI=1S/C19H13F2N5O/c1-11-7-17(18(27)24-14-5-6-15(20)16(21)9-14)26-19(23-11)25-13-4-2-3-12(8-13)10-22/h2-9H,1H3,(H,24,27)(H,23,25,26). The van der Waals surface area contributed by atoms with Crippen molar-refractivity contribution >= 4 is 23.2 Å². The molecule has 1 heterocycles. The summed E-state index contributed by atoms with van der Waals surface area (Å²) in [5, 5.41) is 14.3. The van der Waals surface area contributed by atoms with Crippen LogP contribution in [0.4, 0.5) is 26.1 Å². The molecule has 2 aromatic carbocycles. The maximum absolute atomic E-state index is 13.3. The van der Waals surface area contributed by atoms with Crippen molar-refractivity contribution in [3.05, 3.63) is 77.1 Å². The Balaban J connectivity index is 1.82. The van der Waals surface area contributed by atoms with E-state index < -0.39 is 17.5 Å². The first-order valence-corrected chi connectivity index (χ1v) is 7.84. The number of halogens is 2. The minimum atomic E-state index is -1.06. The minimum Gasteiger partial charge on any atom is -0.324 e. The summed E-state index contributed by atoms with van der Waals surface area (Å²) in [4.78, 5) is 20.7. The summed E-state index contributed by atoms with van der Waals surface area (Å²) < 4.78 is 26.3. The number of benzene rings is 2. The molecule has 134 valence electrons. The molecule has 0 aliphatic carbocycles. The second-order valence-electron chi connectivity index (χ2n) is 5.62. The topological polar surface area (TPSA) is 90.7 Å². The fourth-order valence-electron chi connectivity index (χ4n) is 2.31. The first-order valence-electron chi connectivity index (χ1n) is 7.84. The van der Waals surface area contributed by atoms with Gasteiger partial charge in [0.2, 0.25) is 5.95 Å². The van der Waals surface area contributed by atoms with Crippen molar-refractivity contribution in [3.63, 3.8) is 0 Å². The normalized spacial score (nSPS) is 10.1. The van der Waals surface area contributed by atoms with Crippen LogP contribution in [0.3, 0.4) is 0 Å². The minimum absolute atomic E-state index is 0.0474. The Labute approximate surface area is 153 Å². The zero-order chi connectivity index (χ0) is 19.4. The third-order valence-electron chi connectivity index (χ3n) is 3.51. The van der Waals surface area contributed by atoms with Gasteiger partial charge in [0.1, 0.15) is 5.69 Å². The van der Waals surface area contributed by atoms with Crippen LogP contribution < -0.4 is 10.6 Å². The van der Waals surface area contributed by atoms with Crippen LogP contribution in [0, 0.1) is 29.9 Å². The molecule has 0 aliphatic rings. The number of carbonyl (C=O) groups is 1. The molecule has 0 unspecified atom stereocenters. The van der Waals surface area contributed by atoms with Gasteiger partial charge in [-0.3, -0.25) is 4.79 Å². The van der Waals surface area contributed by atoms with Crippen LogP contribution >= 0.6 is 0 Å². The van der Waals surface area contributed by atoms with Crippen molar-refractivity contribution in [2.45, 2.75) is 6.92 Å². The summed E-state index contributed by atoms with van der Waals surface area (Å²) in [6, 6.07) is 13.2. The van der Waals surface area contributed by atoms with Crippen molar-refractivity contribution in [1.29, 1.82) is 5.26 Å². The largest absolute Gasteiger partial charge is 0.324 e. The molecule has 0 saturated carbocycles. The number of rotatable bonds is 4. The zero-order valence-corrected chi connectivity index (χ0v) is 14.1. The van der Waals surface area contributed by atoms with Crippen LogP contribution in [0.15, 0.2) is 48.5 Å². The van der Waals surface area contributed by atoms with E-state index in [2.05, 4.69) is 20.6 Å². The highest BCUT2D eigenvalue weighted by molar-refractivity contribution is 6.03.